The van der Waals surface area contributed by atoms with Gasteiger partial charge in [0, 0.05) is 23.2 Å². The first kappa shape index (κ1) is 17.8. The van der Waals surface area contributed by atoms with Crippen molar-refractivity contribution < 1.29 is 4.79 Å². The molecule has 1 aromatic heterocycles. The molecule has 6 heteroatoms. The van der Waals surface area contributed by atoms with Crippen molar-refractivity contribution in [2.24, 2.45) is 5.92 Å². The van der Waals surface area contributed by atoms with Gasteiger partial charge in [-0.15, -0.1) is 23.7 Å². The first-order valence-corrected chi connectivity index (χ1v) is 8.20. The summed E-state index contributed by atoms with van der Waals surface area (Å²) in [4.78, 5) is 12.9. The molecule has 2 rings (SSSR count). The molecule has 0 radical (unpaired) electrons. The Morgan fingerprint density at radius 3 is 3.05 bits per heavy atom. The summed E-state index contributed by atoms with van der Waals surface area (Å²) in [5.41, 5.74) is 0. The minimum absolute atomic E-state index is 0. The van der Waals surface area contributed by atoms with Gasteiger partial charge < -0.3 is 10.6 Å². The summed E-state index contributed by atoms with van der Waals surface area (Å²) >= 11 is 7.47. The maximum atomic E-state index is 11.7. The van der Waals surface area contributed by atoms with Crippen molar-refractivity contribution in [2.45, 2.75) is 32.1 Å². The largest absolute Gasteiger partial charge is 0.356 e. The van der Waals surface area contributed by atoms with E-state index < -0.39 is 0 Å². The lowest BCUT2D eigenvalue weighted by molar-refractivity contribution is -0.121. The molecule has 1 fully saturated rings. The van der Waals surface area contributed by atoms with Gasteiger partial charge in [0.25, 0.3) is 0 Å². The lowest BCUT2D eigenvalue weighted by Crippen LogP contribution is -2.33. The molecule has 3 nitrogen and oxygen atoms in total. The van der Waals surface area contributed by atoms with E-state index in [2.05, 4.69) is 10.6 Å². The smallest absolute Gasteiger partial charge is 0.220 e. The van der Waals surface area contributed by atoms with Gasteiger partial charge in [-0.3, -0.25) is 4.79 Å². The summed E-state index contributed by atoms with van der Waals surface area (Å²) in [5.74, 6) is 0.874. The highest BCUT2D eigenvalue weighted by Crippen LogP contribution is 2.20. The summed E-state index contributed by atoms with van der Waals surface area (Å²) in [7, 11) is 0. The average molecular weight is 337 g/mol. The van der Waals surface area contributed by atoms with E-state index in [0.717, 1.165) is 43.4 Å². The van der Waals surface area contributed by atoms with E-state index in [1.165, 1.54) is 17.7 Å². The SMILES string of the molecule is Cl.O=C(CCc1cc(Cl)cs1)NCCC1CCCNC1. The van der Waals surface area contributed by atoms with Crippen LogP contribution >= 0.6 is 35.3 Å². The molecule has 2 heterocycles. The lowest BCUT2D eigenvalue weighted by Gasteiger charge is -2.22. The molecule has 1 amide bonds. The van der Waals surface area contributed by atoms with Gasteiger partial charge in [0.1, 0.15) is 0 Å². The average Bonchev–Trinajstić information content (AvgIpc) is 2.83. The van der Waals surface area contributed by atoms with Crippen LogP contribution in [0, 0.1) is 5.92 Å². The quantitative estimate of drug-likeness (QED) is 0.837. The lowest BCUT2D eigenvalue weighted by atomic mass is 9.96. The van der Waals surface area contributed by atoms with Crippen molar-refractivity contribution in [3.05, 3.63) is 21.3 Å². The summed E-state index contributed by atoms with van der Waals surface area (Å²) in [6, 6.07) is 1.94. The molecule has 0 spiro atoms. The number of carbonyl (C=O) groups excluding carboxylic acids is 1. The molecule has 20 heavy (non-hydrogen) atoms. The predicted octanol–water partition coefficient (Wildman–Crippen LogP) is 3.26. The molecule has 1 aliphatic heterocycles. The highest BCUT2D eigenvalue weighted by Gasteiger charge is 2.12. The fourth-order valence-corrected chi connectivity index (χ4v) is 3.47. The molecule has 2 N–H and O–H groups in total. The fourth-order valence-electron chi connectivity index (χ4n) is 2.40. The van der Waals surface area contributed by atoms with Crippen molar-refractivity contribution in [1.82, 2.24) is 10.6 Å². The van der Waals surface area contributed by atoms with Crippen LogP contribution in [0.15, 0.2) is 11.4 Å². The summed E-state index contributed by atoms with van der Waals surface area (Å²) in [6.45, 7) is 3.05. The molecule has 1 atom stereocenters. The third-order valence-electron chi connectivity index (χ3n) is 3.49. The number of hydrogen-bond donors (Lipinski definition) is 2. The summed E-state index contributed by atoms with van der Waals surface area (Å²) < 4.78 is 0. The number of nitrogens with one attached hydrogen (secondary N) is 2. The molecular weight excluding hydrogens is 315 g/mol. The van der Waals surface area contributed by atoms with E-state index in [9.17, 15) is 4.79 Å². The Balaban J connectivity index is 0.00000200. The van der Waals surface area contributed by atoms with Crippen molar-refractivity contribution in [2.75, 3.05) is 19.6 Å². The normalized spacial score (nSPS) is 18.4. The van der Waals surface area contributed by atoms with Crippen LogP contribution in [-0.4, -0.2) is 25.5 Å². The number of halogens is 2. The van der Waals surface area contributed by atoms with Gasteiger partial charge >= 0.3 is 0 Å². The Bertz CT molecular complexity index is 406. The van der Waals surface area contributed by atoms with E-state index in [4.69, 9.17) is 11.6 Å². The van der Waals surface area contributed by atoms with Crippen LogP contribution in [0.25, 0.3) is 0 Å². The van der Waals surface area contributed by atoms with Crippen LogP contribution in [0.4, 0.5) is 0 Å². The zero-order valence-electron chi connectivity index (χ0n) is 11.5. The maximum absolute atomic E-state index is 11.7. The number of hydrogen-bond acceptors (Lipinski definition) is 3. The molecule has 1 saturated heterocycles. The van der Waals surface area contributed by atoms with Crippen molar-refractivity contribution in [3.8, 4) is 0 Å². The van der Waals surface area contributed by atoms with E-state index in [0.29, 0.717) is 6.42 Å². The molecule has 0 aliphatic carbocycles. The minimum atomic E-state index is 0. The third-order valence-corrected chi connectivity index (χ3v) is 4.84. The molecule has 114 valence electrons. The van der Waals surface area contributed by atoms with Crippen LogP contribution < -0.4 is 10.6 Å². The highest BCUT2D eigenvalue weighted by molar-refractivity contribution is 7.10. The van der Waals surface area contributed by atoms with Gasteiger partial charge in [-0.2, -0.15) is 0 Å². The van der Waals surface area contributed by atoms with Gasteiger partial charge in [0.05, 0.1) is 5.02 Å². The standard InChI is InChI=1S/C14H21ClN2OS.ClH/c15-12-8-13(19-10-12)3-4-14(18)17-7-5-11-2-1-6-16-9-11;/h8,10-11,16H,1-7,9H2,(H,17,18);1H. The second kappa shape index (κ2) is 9.61. The second-order valence-corrected chi connectivity index (χ2v) is 6.51. The van der Waals surface area contributed by atoms with Gasteiger partial charge in [-0.1, -0.05) is 11.6 Å². The summed E-state index contributed by atoms with van der Waals surface area (Å²) in [6.07, 6.45) is 4.98. The summed E-state index contributed by atoms with van der Waals surface area (Å²) in [5, 5.41) is 9.09. The van der Waals surface area contributed by atoms with E-state index in [1.807, 2.05) is 11.4 Å². The number of piperidine rings is 1. The second-order valence-electron chi connectivity index (χ2n) is 5.08. The zero-order valence-corrected chi connectivity index (χ0v) is 13.9. The van der Waals surface area contributed by atoms with Crippen LogP contribution in [0.5, 0.6) is 0 Å². The van der Waals surface area contributed by atoms with Gasteiger partial charge in [0.15, 0.2) is 0 Å². The number of amides is 1. The van der Waals surface area contributed by atoms with E-state index in [-0.39, 0.29) is 18.3 Å². The highest BCUT2D eigenvalue weighted by atomic mass is 35.5. The molecular formula is C14H22Cl2N2OS. The van der Waals surface area contributed by atoms with Crippen molar-refractivity contribution >= 4 is 41.3 Å². The molecule has 0 saturated carbocycles. The Kier molecular flexibility index (Phi) is 8.53. The topological polar surface area (TPSA) is 41.1 Å². The number of aryl methyl sites for hydroxylation is 1. The first-order chi connectivity index (χ1) is 9.24. The van der Waals surface area contributed by atoms with Crippen molar-refractivity contribution in [3.63, 3.8) is 0 Å². The van der Waals surface area contributed by atoms with Crippen LogP contribution in [0.3, 0.4) is 0 Å². The Morgan fingerprint density at radius 2 is 2.40 bits per heavy atom. The van der Waals surface area contributed by atoms with Gasteiger partial charge in [-0.25, -0.2) is 0 Å². The van der Waals surface area contributed by atoms with Crippen LogP contribution in [0.2, 0.25) is 5.02 Å². The molecule has 0 bridgehead atoms. The Hall–Kier alpha value is -0.290. The molecule has 1 aromatic rings. The number of carbonyl (C=O) groups is 1. The van der Waals surface area contributed by atoms with Gasteiger partial charge in [0.2, 0.25) is 5.91 Å². The monoisotopic (exact) mass is 336 g/mol. The van der Waals surface area contributed by atoms with E-state index >= 15 is 0 Å². The molecule has 1 unspecified atom stereocenters. The van der Waals surface area contributed by atoms with Crippen molar-refractivity contribution in [1.29, 1.82) is 0 Å². The molecule has 0 aromatic carbocycles. The molecule has 1 aliphatic rings. The maximum Gasteiger partial charge on any atom is 0.220 e. The Labute approximate surface area is 135 Å². The predicted molar refractivity (Wildman–Crippen MR) is 88.1 cm³/mol. The minimum Gasteiger partial charge on any atom is -0.356 e. The van der Waals surface area contributed by atoms with Crippen LogP contribution in [-0.2, 0) is 11.2 Å². The number of rotatable bonds is 6. The third kappa shape index (κ3) is 6.44. The first-order valence-electron chi connectivity index (χ1n) is 6.94. The van der Waals surface area contributed by atoms with Crippen LogP contribution in [0.1, 0.15) is 30.6 Å². The van der Waals surface area contributed by atoms with E-state index in [1.54, 1.807) is 11.3 Å². The van der Waals surface area contributed by atoms with Gasteiger partial charge in [-0.05, 0) is 50.8 Å². The fraction of sp³-hybridized carbons (Fsp3) is 0.643. The zero-order chi connectivity index (χ0) is 13.5. The number of thiophene rings is 1. The Morgan fingerprint density at radius 1 is 1.55 bits per heavy atom.